The van der Waals surface area contributed by atoms with Crippen molar-refractivity contribution >= 4 is 17.9 Å². The molecule has 0 fully saturated rings. The summed E-state index contributed by atoms with van der Waals surface area (Å²) in [6.45, 7) is 8.97. The van der Waals surface area contributed by atoms with E-state index >= 15 is 0 Å². The van der Waals surface area contributed by atoms with Crippen LogP contribution >= 0.6 is 0 Å². The fraction of sp³-hybridized carbons (Fsp3) is 0.940. The second kappa shape index (κ2) is 44.5. The van der Waals surface area contributed by atoms with Gasteiger partial charge in [0.25, 0.3) is 0 Å². The molecule has 0 aliphatic rings. The quantitative estimate of drug-likeness (QED) is 0.0347. The van der Waals surface area contributed by atoms with Gasteiger partial charge in [-0.25, -0.2) is 0 Å². The summed E-state index contributed by atoms with van der Waals surface area (Å²) < 4.78 is 16.7. The Bertz CT molecular complexity index is 841. The van der Waals surface area contributed by atoms with Crippen molar-refractivity contribution in [3.63, 3.8) is 0 Å². The van der Waals surface area contributed by atoms with Gasteiger partial charge in [0.05, 0.1) is 0 Å². The molecular formula is C50H96O6. The monoisotopic (exact) mass is 793 g/mol. The highest BCUT2D eigenvalue weighted by Gasteiger charge is 2.19. The molecule has 0 aliphatic heterocycles. The zero-order valence-electron chi connectivity index (χ0n) is 38.1. The number of rotatable bonds is 45. The molecule has 0 aromatic heterocycles. The molecule has 56 heavy (non-hydrogen) atoms. The lowest BCUT2D eigenvalue weighted by Gasteiger charge is -2.18. The summed E-state index contributed by atoms with van der Waals surface area (Å²) in [4.78, 5) is 37.8. The lowest BCUT2D eigenvalue weighted by Crippen LogP contribution is -2.30. The second-order valence-corrected chi connectivity index (χ2v) is 17.6. The van der Waals surface area contributed by atoms with Crippen molar-refractivity contribution in [3.05, 3.63) is 0 Å². The summed E-state index contributed by atoms with van der Waals surface area (Å²) in [6, 6.07) is 0. The Morgan fingerprint density at radius 2 is 0.589 bits per heavy atom. The van der Waals surface area contributed by atoms with Gasteiger partial charge < -0.3 is 14.2 Å². The topological polar surface area (TPSA) is 78.9 Å². The summed E-state index contributed by atoms with van der Waals surface area (Å²) in [5, 5.41) is 0. The molecule has 0 aliphatic carbocycles. The first-order valence-electron chi connectivity index (χ1n) is 24.9. The van der Waals surface area contributed by atoms with Crippen LogP contribution in [-0.2, 0) is 28.6 Å². The molecule has 0 saturated heterocycles. The summed E-state index contributed by atoms with van der Waals surface area (Å²) in [5.41, 5.74) is 0. The van der Waals surface area contributed by atoms with Crippen LogP contribution in [0, 0.1) is 5.92 Å². The van der Waals surface area contributed by atoms with Gasteiger partial charge in [0.15, 0.2) is 6.10 Å². The van der Waals surface area contributed by atoms with E-state index in [1.54, 1.807) is 0 Å². The molecule has 0 heterocycles. The summed E-state index contributed by atoms with van der Waals surface area (Å²) in [7, 11) is 0. The largest absolute Gasteiger partial charge is 0.462 e. The van der Waals surface area contributed by atoms with E-state index < -0.39 is 6.10 Å². The molecule has 0 saturated carbocycles. The molecule has 0 N–H and O–H groups in total. The van der Waals surface area contributed by atoms with Crippen molar-refractivity contribution in [1.29, 1.82) is 0 Å². The van der Waals surface area contributed by atoms with Crippen molar-refractivity contribution in [3.8, 4) is 0 Å². The molecule has 0 rings (SSSR count). The van der Waals surface area contributed by atoms with Gasteiger partial charge in [0.1, 0.15) is 13.2 Å². The zero-order chi connectivity index (χ0) is 41.0. The van der Waals surface area contributed by atoms with Crippen LogP contribution in [0.15, 0.2) is 0 Å². The van der Waals surface area contributed by atoms with Crippen molar-refractivity contribution < 1.29 is 28.6 Å². The highest BCUT2D eigenvalue weighted by atomic mass is 16.6. The van der Waals surface area contributed by atoms with Gasteiger partial charge in [-0.05, 0) is 25.2 Å². The second-order valence-electron chi connectivity index (χ2n) is 17.6. The number of ether oxygens (including phenoxy) is 3. The Balaban J connectivity index is 4.21. The summed E-state index contributed by atoms with van der Waals surface area (Å²) in [5.74, 6) is -0.0564. The smallest absolute Gasteiger partial charge is 0.306 e. The van der Waals surface area contributed by atoms with E-state index in [1.807, 2.05) is 0 Å². The fourth-order valence-corrected chi connectivity index (χ4v) is 7.51. The van der Waals surface area contributed by atoms with Gasteiger partial charge in [-0.3, -0.25) is 14.4 Å². The number of esters is 3. The Kier molecular flexibility index (Phi) is 43.2. The number of hydrogen-bond donors (Lipinski definition) is 0. The van der Waals surface area contributed by atoms with Crippen LogP contribution in [0.5, 0.6) is 0 Å². The predicted octanol–water partition coefficient (Wildman–Crippen LogP) is 15.9. The SMILES string of the molecule is CCCCCCCCCCCCCCCCCCCCC(=O)OC[C@@H](COC(=O)CCCCCCCCCCC(C)C)OC(=O)CCCCCCCCCCC. The maximum absolute atomic E-state index is 12.7. The van der Waals surface area contributed by atoms with Crippen molar-refractivity contribution in [2.75, 3.05) is 13.2 Å². The fourth-order valence-electron chi connectivity index (χ4n) is 7.51. The first-order valence-corrected chi connectivity index (χ1v) is 24.9. The van der Waals surface area contributed by atoms with E-state index in [-0.39, 0.29) is 31.1 Å². The molecule has 0 aromatic carbocycles. The van der Waals surface area contributed by atoms with Gasteiger partial charge in [-0.1, -0.05) is 240 Å². The molecular weight excluding hydrogens is 697 g/mol. The molecule has 0 aromatic rings. The van der Waals surface area contributed by atoms with Crippen molar-refractivity contribution in [2.45, 2.75) is 284 Å². The molecule has 0 unspecified atom stereocenters. The number of unbranched alkanes of at least 4 members (excludes halogenated alkanes) is 32. The minimum Gasteiger partial charge on any atom is -0.462 e. The van der Waals surface area contributed by atoms with Crippen LogP contribution in [-0.4, -0.2) is 37.2 Å². The van der Waals surface area contributed by atoms with E-state index in [0.29, 0.717) is 19.3 Å². The molecule has 6 heteroatoms. The molecule has 0 bridgehead atoms. The van der Waals surface area contributed by atoms with E-state index in [4.69, 9.17) is 14.2 Å². The van der Waals surface area contributed by atoms with Crippen LogP contribution in [0.25, 0.3) is 0 Å². The summed E-state index contributed by atoms with van der Waals surface area (Å²) >= 11 is 0. The first kappa shape index (κ1) is 54.4. The first-order chi connectivity index (χ1) is 27.4. The van der Waals surface area contributed by atoms with Crippen LogP contribution in [0.3, 0.4) is 0 Å². The molecule has 0 radical (unpaired) electrons. The molecule has 0 amide bonds. The minimum absolute atomic E-state index is 0.0637. The predicted molar refractivity (Wildman–Crippen MR) is 238 cm³/mol. The van der Waals surface area contributed by atoms with E-state index in [2.05, 4.69) is 27.7 Å². The molecule has 6 nitrogen and oxygen atoms in total. The van der Waals surface area contributed by atoms with Crippen molar-refractivity contribution in [1.82, 2.24) is 0 Å². The van der Waals surface area contributed by atoms with Crippen molar-refractivity contribution in [2.24, 2.45) is 5.92 Å². The maximum atomic E-state index is 12.7. The van der Waals surface area contributed by atoms with E-state index in [0.717, 1.165) is 63.7 Å². The lowest BCUT2D eigenvalue weighted by molar-refractivity contribution is -0.167. The highest BCUT2D eigenvalue weighted by Crippen LogP contribution is 2.17. The Morgan fingerprint density at radius 1 is 0.339 bits per heavy atom. The molecule has 332 valence electrons. The average molecular weight is 793 g/mol. The van der Waals surface area contributed by atoms with Crippen LogP contribution < -0.4 is 0 Å². The van der Waals surface area contributed by atoms with Gasteiger partial charge in [-0.15, -0.1) is 0 Å². The van der Waals surface area contributed by atoms with Gasteiger partial charge >= 0.3 is 17.9 Å². The van der Waals surface area contributed by atoms with Crippen LogP contribution in [0.2, 0.25) is 0 Å². The van der Waals surface area contributed by atoms with Gasteiger partial charge in [0.2, 0.25) is 0 Å². The minimum atomic E-state index is -0.759. The zero-order valence-corrected chi connectivity index (χ0v) is 38.1. The maximum Gasteiger partial charge on any atom is 0.306 e. The molecule has 1 atom stereocenters. The number of carbonyl (C=O) groups excluding carboxylic acids is 3. The Morgan fingerprint density at radius 3 is 0.875 bits per heavy atom. The van der Waals surface area contributed by atoms with Crippen LogP contribution in [0.4, 0.5) is 0 Å². The highest BCUT2D eigenvalue weighted by molar-refractivity contribution is 5.71. The van der Waals surface area contributed by atoms with E-state index in [1.165, 1.54) is 173 Å². The van der Waals surface area contributed by atoms with Gasteiger partial charge in [-0.2, -0.15) is 0 Å². The third-order valence-electron chi connectivity index (χ3n) is 11.3. The molecule has 0 spiro atoms. The Hall–Kier alpha value is -1.59. The van der Waals surface area contributed by atoms with E-state index in [9.17, 15) is 14.4 Å². The standard InChI is InChI=1S/C50H96O6/c1-5-7-9-11-13-15-16-17-18-19-20-21-22-23-25-29-33-37-41-48(51)54-44-47(56-50(53)43-39-35-31-24-14-12-10-8-6-2)45-55-49(52)42-38-34-30-27-26-28-32-36-40-46(3)4/h46-47H,5-45H2,1-4H3/t47-/m0/s1. The Labute approximate surface area is 348 Å². The third-order valence-corrected chi connectivity index (χ3v) is 11.3. The number of hydrogen-bond acceptors (Lipinski definition) is 6. The van der Waals surface area contributed by atoms with Gasteiger partial charge in [0, 0.05) is 19.3 Å². The average Bonchev–Trinajstić information content (AvgIpc) is 3.18. The summed E-state index contributed by atoms with van der Waals surface area (Å²) in [6.07, 6.45) is 45.3. The normalized spacial score (nSPS) is 11.9. The van der Waals surface area contributed by atoms with Crippen LogP contribution in [0.1, 0.15) is 278 Å². The third kappa shape index (κ3) is 43.5. The number of carbonyl (C=O) groups is 3. The lowest BCUT2D eigenvalue weighted by atomic mass is 10.0.